The Morgan fingerprint density at radius 2 is 2.28 bits per heavy atom. The topological polar surface area (TPSA) is 85.5 Å². The Bertz CT molecular complexity index is 419. The van der Waals surface area contributed by atoms with E-state index in [2.05, 4.69) is 9.72 Å². The molecule has 1 amide bonds. The number of hydrogen-bond donors (Lipinski definition) is 1. The van der Waals surface area contributed by atoms with Crippen LogP contribution in [0.25, 0.3) is 0 Å². The molecule has 7 heteroatoms. The molecule has 1 aromatic rings. The van der Waals surface area contributed by atoms with E-state index in [4.69, 9.17) is 5.73 Å². The first kappa shape index (κ1) is 14.6. The third-order valence-electron chi connectivity index (χ3n) is 2.39. The summed E-state index contributed by atoms with van der Waals surface area (Å²) in [5, 5.41) is 2.43. The van der Waals surface area contributed by atoms with E-state index < -0.39 is 0 Å². The molecule has 1 aromatic heterocycles. The highest BCUT2D eigenvalue weighted by Gasteiger charge is 2.15. The Balaban J connectivity index is 2.43. The summed E-state index contributed by atoms with van der Waals surface area (Å²) >= 11 is 1.37. The quantitative estimate of drug-likeness (QED) is 0.767. The maximum absolute atomic E-state index is 11.9. The van der Waals surface area contributed by atoms with E-state index in [1.54, 1.807) is 12.4 Å². The van der Waals surface area contributed by atoms with E-state index >= 15 is 0 Å². The van der Waals surface area contributed by atoms with Crippen molar-refractivity contribution < 1.29 is 14.3 Å². The van der Waals surface area contributed by atoms with Crippen LogP contribution in [0, 0.1) is 0 Å². The number of amides is 1. The summed E-state index contributed by atoms with van der Waals surface area (Å²) in [7, 11) is 3.03. The van der Waals surface area contributed by atoms with Crippen molar-refractivity contribution in [1.82, 2.24) is 9.88 Å². The number of rotatable bonds is 6. The fourth-order valence-electron chi connectivity index (χ4n) is 1.36. The molecule has 0 aliphatic heterocycles. The first-order chi connectivity index (χ1) is 8.58. The van der Waals surface area contributed by atoms with Gasteiger partial charge < -0.3 is 15.4 Å². The molecule has 0 saturated heterocycles. The number of hydrogen-bond acceptors (Lipinski definition) is 6. The van der Waals surface area contributed by atoms with Crippen LogP contribution >= 0.6 is 11.3 Å². The van der Waals surface area contributed by atoms with Crippen LogP contribution in [0.3, 0.4) is 0 Å². The predicted octanol–water partition coefficient (Wildman–Crippen LogP) is 0.627. The molecule has 0 unspecified atom stereocenters. The number of carbonyl (C=O) groups is 2. The van der Waals surface area contributed by atoms with Gasteiger partial charge in [0.25, 0.3) is 5.91 Å². The second-order valence-corrected chi connectivity index (χ2v) is 4.68. The molecule has 18 heavy (non-hydrogen) atoms. The van der Waals surface area contributed by atoms with Gasteiger partial charge in [-0.2, -0.15) is 0 Å². The molecular weight excluding hydrogens is 254 g/mol. The lowest BCUT2D eigenvalue weighted by Gasteiger charge is -2.15. The van der Waals surface area contributed by atoms with E-state index in [9.17, 15) is 9.59 Å². The summed E-state index contributed by atoms with van der Waals surface area (Å²) < 4.78 is 4.53. The van der Waals surface area contributed by atoms with Crippen molar-refractivity contribution in [2.45, 2.75) is 19.4 Å². The van der Waals surface area contributed by atoms with Crippen LogP contribution in [-0.2, 0) is 16.1 Å². The highest BCUT2D eigenvalue weighted by Crippen LogP contribution is 2.11. The molecule has 0 aliphatic rings. The molecule has 0 aliphatic carbocycles. The van der Waals surface area contributed by atoms with E-state index in [1.807, 2.05) is 0 Å². The van der Waals surface area contributed by atoms with Gasteiger partial charge in [-0.3, -0.25) is 9.59 Å². The van der Waals surface area contributed by atoms with E-state index in [0.717, 1.165) is 5.01 Å². The summed E-state index contributed by atoms with van der Waals surface area (Å²) in [4.78, 5) is 28.5. The standard InChI is InChI=1S/C11H17N3O3S/c1-14(5-3-4-10(15)17-2)11(16)8-7-18-9(6-12)13-8/h7H,3-6,12H2,1-2H3. The Labute approximate surface area is 110 Å². The molecule has 2 N–H and O–H groups in total. The molecule has 0 radical (unpaired) electrons. The van der Waals surface area contributed by atoms with Gasteiger partial charge in [0, 0.05) is 31.9 Å². The van der Waals surface area contributed by atoms with Gasteiger partial charge >= 0.3 is 5.97 Å². The molecule has 100 valence electrons. The van der Waals surface area contributed by atoms with Crippen LogP contribution in [0.1, 0.15) is 28.3 Å². The lowest BCUT2D eigenvalue weighted by Crippen LogP contribution is -2.28. The minimum atomic E-state index is -0.269. The van der Waals surface area contributed by atoms with Gasteiger partial charge in [-0.25, -0.2) is 4.98 Å². The number of thiazole rings is 1. The summed E-state index contributed by atoms with van der Waals surface area (Å²) in [6.45, 7) is 0.827. The van der Waals surface area contributed by atoms with Gasteiger partial charge in [0.05, 0.1) is 7.11 Å². The number of methoxy groups -OCH3 is 1. The van der Waals surface area contributed by atoms with E-state index in [0.29, 0.717) is 31.6 Å². The van der Waals surface area contributed by atoms with Crippen LogP contribution in [0.2, 0.25) is 0 Å². The third kappa shape index (κ3) is 4.08. The van der Waals surface area contributed by atoms with Crippen molar-refractivity contribution in [3.63, 3.8) is 0 Å². The Morgan fingerprint density at radius 3 is 2.83 bits per heavy atom. The second-order valence-electron chi connectivity index (χ2n) is 3.74. The number of nitrogens with zero attached hydrogens (tertiary/aromatic N) is 2. The van der Waals surface area contributed by atoms with Crippen molar-refractivity contribution >= 4 is 23.2 Å². The number of nitrogens with two attached hydrogens (primary N) is 1. The van der Waals surface area contributed by atoms with E-state index in [-0.39, 0.29) is 11.9 Å². The number of ether oxygens (including phenoxy) is 1. The number of carbonyl (C=O) groups excluding carboxylic acids is 2. The fourth-order valence-corrected chi connectivity index (χ4v) is 2.01. The zero-order chi connectivity index (χ0) is 13.5. The van der Waals surface area contributed by atoms with Gasteiger partial charge in [-0.15, -0.1) is 11.3 Å². The van der Waals surface area contributed by atoms with E-state index in [1.165, 1.54) is 23.3 Å². The monoisotopic (exact) mass is 271 g/mol. The van der Waals surface area contributed by atoms with Crippen molar-refractivity contribution in [3.8, 4) is 0 Å². The third-order valence-corrected chi connectivity index (χ3v) is 3.27. The lowest BCUT2D eigenvalue weighted by atomic mass is 10.3. The number of esters is 1. The SMILES string of the molecule is COC(=O)CCCN(C)C(=O)c1csc(CN)n1. The summed E-state index contributed by atoms with van der Waals surface area (Å²) in [5.41, 5.74) is 5.84. The molecule has 1 heterocycles. The average Bonchev–Trinajstić information content (AvgIpc) is 2.86. The Morgan fingerprint density at radius 1 is 1.56 bits per heavy atom. The van der Waals surface area contributed by atoms with Gasteiger partial charge in [0.1, 0.15) is 10.7 Å². The zero-order valence-corrected chi connectivity index (χ0v) is 11.3. The first-order valence-corrected chi connectivity index (χ1v) is 6.43. The van der Waals surface area contributed by atoms with Gasteiger partial charge in [0.2, 0.25) is 0 Å². The molecule has 0 saturated carbocycles. The highest BCUT2D eigenvalue weighted by molar-refractivity contribution is 7.09. The van der Waals surface area contributed by atoms with Crippen LogP contribution < -0.4 is 5.73 Å². The van der Waals surface area contributed by atoms with Crippen molar-refractivity contribution in [1.29, 1.82) is 0 Å². The summed E-state index contributed by atoms with van der Waals surface area (Å²) in [6, 6.07) is 0. The molecule has 0 spiro atoms. The van der Waals surface area contributed by atoms with Crippen LogP contribution in [0.5, 0.6) is 0 Å². The Hall–Kier alpha value is -1.47. The summed E-state index contributed by atoms with van der Waals surface area (Å²) in [5.74, 6) is -0.425. The van der Waals surface area contributed by atoms with Gasteiger partial charge in [-0.1, -0.05) is 0 Å². The first-order valence-electron chi connectivity index (χ1n) is 5.55. The fraction of sp³-hybridized carbons (Fsp3) is 0.545. The van der Waals surface area contributed by atoms with Crippen LogP contribution in [0.4, 0.5) is 0 Å². The van der Waals surface area contributed by atoms with Crippen LogP contribution in [0.15, 0.2) is 5.38 Å². The maximum Gasteiger partial charge on any atom is 0.305 e. The predicted molar refractivity (Wildman–Crippen MR) is 68.2 cm³/mol. The van der Waals surface area contributed by atoms with Crippen molar-refractivity contribution in [2.24, 2.45) is 5.73 Å². The Kier molecular flexibility index (Phi) is 5.73. The number of aromatic nitrogens is 1. The minimum Gasteiger partial charge on any atom is -0.469 e. The average molecular weight is 271 g/mol. The van der Waals surface area contributed by atoms with Crippen molar-refractivity contribution in [3.05, 3.63) is 16.1 Å². The van der Waals surface area contributed by atoms with Gasteiger partial charge in [-0.05, 0) is 6.42 Å². The molecule has 0 bridgehead atoms. The molecular formula is C11H17N3O3S. The molecule has 0 aromatic carbocycles. The lowest BCUT2D eigenvalue weighted by molar-refractivity contribution is -0.140. The second kappa shape index (κ2) is 7.07. The van der Waals surface area contributed by atoms with Crippen LogP contribution in [-0.4, -0.2) is 42.5 Å². The maximum atomic E-state index is 11.9. The molecule has 0 atom stereocenters. The zero-order valence-electron chi connectivity index (χ0n) is 10.5. The highest BCUT2D eigenvalue weighted by atomic mass is 32.1. The smallest absolute Gasteiger partial charge is 0.305 e. The minimum absolute atomic E-state index is 0.157. The summed E-state index contributed by atoms with van der Waals surface area (Å²) in [6.07, 6.45) is 0.877. The van der Waals surface area contributed by atoms with Crippen molar-refractivity contribution in [2.75, 3.05) is 20.7 Å². The molecule has 1 rings (SSSR count). The van der Waals surface area contributed by atoms with Gasteiger partial charge in [0.15, 0.2) is 0 Å². The largest absolute Gasteiger partial charge is 0.469 e. The normalized spacial score (nSPS) is 10.2. The molecule has 6 nitrogen and oxygen atoms in total. The molecule has 0 fully saturated rings.